The summed E-state index contributed by atoms with van der Waals surface area (Å²) in [5, 5.41) is 13.4. The number of nitrogens with zero attached hydrogens (tertiary/aromatic N) is 4. The van der Waals surface area contributed by atoms with E-state index in [2.05, 4.69) is 17.1 Å². The summed E-state index contributed by atoms with van der Waals surface area (Å²) in [6.45, 7) is 7.93. The standard InChI is InChI=1S/C32H32N4O4/c1-5-8-29-28(31(37)36(21(4)33-29)24-15-17-25(18-16-24)39-20(2)3)19-22-11-13-23(14-12-22)26-9-6-7-10-27(26)30-34-32(38)40-35-30/h6-7,9-18,20H,5,8,19H2,1-4H3,(H,34,35,38). The number of benzene rings is 3. The number of hydrogen-bond donors (Lipinski definition) is 1. The first-order chi connectivity index (χ1) is 19.3. The van der Waals surface area contributed by atoms with E-state index in [1.54, 1.807) is 4.57 Å². The van der Waals surface area contributed by atoms with Crippen LogP contribution in [0.5, 0.6) is 11.8 Å². The van der Waals surface area contributed by atoms with E-state index in [-0.39, 0.29) is 11.7 Å². The zero-order valence-corrected chi connectivity index (χ0v) is 23.1. The Morgan fingerprint density at radius 3 is 2.27 bits per heavy atom. The molecule has 0 saturated carbocycles. The average molecular weight is 537 g/mol. The number of ether oxygens (including phenoxy) is 1. The molecule has 2 aromatic heterocycles. The smallest absolute Gasteiger partial charge is 0.415 e. The maximum atomic E-state index is 13.9. The van der Waals surface area contributed by atoms with Gasteiger partial charge in [0.25, 0.3) is 5.56 Å². The maximum absolute atomic E-state index is 13.9. The van der Waals surface area contributed by atoms with Crippen LogP contribution in [-0.4, -0.2) is 30.9 Å². The van der Waals surface area contributed by atoms with Crippen molar-refractivity contribution in [3.63, 3.8) is 0 Å². The molecule has 0 aliphatic carbocycles. The van der Waals surface area contributed by atoms with Crippen molar-refractivity contribution < 1.29 is 14.4 Å². The van der Waals surface area contributed by atoms with Crippen molar-refractivity contribution in [3.05, 3.63) is 106 Å². The van der Waals surface area contributed by atoms with E-state index in [1.165, 1.54) is 0 Å². The summed E-state index contributed by atoms with van der Waals surface area (Å²) >= 11 is 0. The van der Waals surface area contributed by atoms with Gasteiger partial charge < -0.3 is 9.84 Å². The molecule has 0 atom stereocenters. The van der Waals surface area contributed by atoms with E-state index in [4.69, 9.17) is 14.2 Å². The molecule has 0 spiro atoms. The predicted molar refractivity (Wildman–Crippen MR) is 154 cm³/mol. The third-order valence-electron chi connectivity index (χ3n) is 6.61. The maximum Gasteiger partial charge on any atom is 0.415 e. The molecule has 3 aromatic carbocycles. The van der Waals surface area contributed by atoms with Gasteiger partial charge >= 0.3 is 6.08 Å². The van der Waals surface area contributed by atoms with Gasteiger partial charge in [-0.15, -0.1) is 0 Å². The van der Waals surface area contributed by atoms with Gasteiger partial charge in [-0.1, -0.05) is 67.0 Å². The number of aryl methyl sites for hydroxylation is 2. The minimum Gasteiger partial charge on any atom is -0.491 e. The van der Waals surface area contributed by atoms with Gasteiger partial charge in [-0.05, 0) is 68.1 Å². The molecule has 8 nitrogen and oxygen atoms in total. The summed E-state index contributed by atoms with van der Waals surface area (Å²) in [6, 6.07) is 23.3. The first-order valence-corrected chi connectivity index (χ1v) is 13.4. The highest BCUT2D eigenvalue weighted by molar-refractivity contribution is 5.80. The number of aromatic nitrogens is 4. The molecular weight excluding hydrogens is 504 g/mol. The van der Waals surface area contributed by atoms with Crippen LogP contribution in [0.25, 0.3) is 28.2 Å². The molecule has 2 heterocycles. The molecule has 0 aliphatic heterocycles. The van der Waals surface area contributed by atoms with Crippen molar-refractivity contribution in [2.75, 3.05) is 0 Å². The van der Waals surface area contributed by atoms with E-state index in [9.17, 15) is 9.90 Å². The van der Waals surface area contributed by atoms with E-state index in [0.717, 1.165) is 52.2 Å². The lowest BCUT2D eigenvalue weighted by atomic mass is 9.96. The Bertz CT molecular complexity index is 1670. The van der Waals surface area contributed by atoms with Crippen LogP contribution in [0.15, 0.2) is 82.1 Å². The quantitative estimate of drug-likeness (QED) is 0.236. The van der Waals surface area contributed by atoms with Crippen LogP contribution in [0, 0.1) is 6.92 Å². The van der Waals surface area contributed by atoms with Crippen molar-refractivity contribution in [2.24, 2.45) is 0 Å². The molecule has 0 radical (unpaired) electrons. The van der Waals surface area contributed by atoms with Crippen molar-refractivity contribution >= 4 is 0 Å². The van der Waals surface area contributed by atoms with Gasteiger partial charge in [0.15, 0.2) is 0 Å². The molecule has 5 aromatic rings. The normalized spacial score (nSPS) is 11.2. The van der Waals surface area contributed by atoms with E-state index < -0.39 is 6.08 Å². The Labute approximate surface area is 232 Å². The largest absolute Gasteiger partial charge is 0.491 e. The Morgan fingerprint density at radius 2 is 1.65 bits per heavy atom. The van der Waals surface area contributed by atoms with Gasteiger partial charge in [-0.2, -0.15) is 4.98 Å². The summed E-state index contributed by atoms with van der Waals surface area (Å²) in [5.74, 6) is 1.74. The van der Waals surface area contributed by atoms with Crippen LogP contribution in [0.3, 0.4) is 0 Å². The van der Waals surface area contributed by atoms with Gasteiger partial charge in [-0.25, -0.2) is 4.98 Å². The minimum absolute atomic E-state index is 0.0557. The lowest BCUT2D eigenvalue weighted by Crippen LogP contribution is -2.28. The van der Waals surface area contributed by atoms with Crippen molar-refractivity contribution in [3.8, 4) is 40.0 Å². The second kappa shape index (κ2) is 11.6. The van der Waals surface area contributed by atoms with Gasteiger partial charge in [0.05, 0.1) is 17.5 Å². The molecule has 0 aliphatic rings. The summed E-state index contributed by atoms with van der Waals surface area (Å²) in [6.07, 6.45) is 1.70. The van der Waals surface area contributed by atoms with Crippen molar-refractivity contribution in [2.45, 2.75) is 53.1 Å². The van der Waals surface area contributed by atoms with Crippen LogP contribution in [-0.2, 0) is 12.8 Å². The number of hydrogen-bond acceptors (Lipinski definition) is 7. The van der Waals surface area contributed by atoms with Crippen LogP contribution in [0.2, 0.25) is 0 Å². The zero-order valence-electron chi connectivity index (χ0n) is 23.1. The molecular formula is C32H32N4O4. The number of rotatable bonds is 9. The zero-order chi connectivity index (χ0) is 28.2. The molecule has 1 N–H and O–H groups in total. The van der Waals surface area contributed by atoms with E-state index in [0.29, 0.717) is 23.6 Å². The summed E-state index contributed by atoms with van der Waals surface area (Å²) in [7, 11) is 0. The fourth-order valence-electron chi connectivity index (χ4n) is 4.85. The highest BCUT2D eigenvalue weighted by Crippen LogP contribution is 2.31. The monoisotopic (exact) mass is 536 g/mol. The average Bonchev–Trinajstić information content (AvgIpc) is 3.38. The summed E-state index contributed by atoms with van der Waals surface area (Å²) in [5.41, 5.74) is 5.87. The molecule has 0 fully saturated rings. The molecule has 0 bridgehead atoms. The molecule has 0 unspecified atom stereocenters. The molecule has 0 saturated heterocycles. The fourth-order valence-corrected chi connectivity index (χ4v) is 4.85. The molecule has 204 valence electrons. The van der Waals surface area contributed by atoms with Gasteiger partial charge in [0, 0.05) is 17.5 Å². The van der Waals surface area contributed by atoms with Crippen LogP contribution in [0.1, 0.15) is 49.8 Å². The van der Waals surface area contributed by atoms with Gasteiger partial charge in [-0.3, -0.25) is 13.9 Å². The molecule has 8 heteroatoms. The Morgan fingerprint density at radius 1 is 0.950 bits per heavy atom. The third kappa shape index (κ3) is 5.66. The second-order valence-electron chi connectivity index (χ2n) is 9.96. The fraction of sp³-hybridized carbons (Fsp3) is 0.250. The Kier molecular flexibility index (Phi) is 7.77. The van der Waals surface area contributed by atoms with Gasteiger partial charge in [0.1, 0.15) is 11.6 Å². The van der Waals surface area contributed by atoms with E-state index in [1.807, 2.05) is 93.6 Å². The molecule has 40 heavy (non-hydrogen) atoms. The lowest BCUT2D eigenvalue weighted by molar-refractivity contribution is 0.242. The topological polar surface area (TPSA) is 103 Å². The SMILES string of the molecule is CCCc1nc(C)n(-c2ccc(OC(C)C)cc2)c(=O)c1Cc1ccc(-c2ccccc2-c2noc(O)n2)cc1. The number of aromatic hydroxyl groups is 1. The highest BCUT2D eigenvalue weighted by atomic mass is 16.6. The van der Waals surface area contributed by atoms with Crippen LogP contribution >= 0.6 is 0 Å². The predicted octanol–water partition coefficient (Wildman–Crippen LogP) is 6.29. The third-order valence-corrected chi connectivity index (χ3v) is 6.61. The summed E-state index contributed by atoms with van der Waals surface area (Å²) in [4.78, 5) is 22.7. The highest BCUT2D eigenvalue weighted by Gasteiger charge is 2.17. The Hall–Kier alpha value is -4.72. The van der Waals surface area contributed by atoms with Crippen molar-refractivity contribution in [1.82, 2.24) is 19.7 Å². The van der Waals surface area contributed by atoms with Crippen LogP contribution in [0.4, 0.5) is 0 Å². The Balaban J connectivity index is 1.48. The first kappa shape index (κ1) is 26.9. The van der Waals surface area contributed by atoms with Crippen molar-refractivity contribution in [1.29, 1.82) is 0 Å². The van der Waals surface area contributed by atoms with Gasteiger partial charge in [0.2, 0.25) is 5.82 Å². The second-order valence-corrected chi connectivity index (χ2v) is 9.96. The lowest BCUT2D eigenvalue weighted by Gasteiger charge is -2.16. The first-order valence-electron chi connectivity index (χ1n) is 13.4. The summed E-state index contributed by atoms with van der Waals surface area (Å²) < 4.78 is 12.2. The minimum atomic E-state index is -0.472. The van der Waals surface area contributed by atoms with Crippen LogP contribution < -0.4 is 10.3 Å². The molecule has 0 amide bonds. The molecule has 5 rings (SSSR count). The van der Waals surface area contributed by atoms with E-state index >= 15 is 0 Å².